The van der Waals surface area contributed by atoms with E-state index in [2.05, 4.69) is 22.4 Å². The van der Waals surface area contributed by atoms with Gasteiger partial charge in [-0.15, -0.1) is 0 Å². The number of rotatable bonds is 3. The first kappa shape index (κ1) is 15.1. The van der Waals surface area contributed by atoms with Gasteiger partial charge in [0, 0.05) is 30.4 Å². The predicted octanol–water partition coefficient (Wildman–Crippen LogP) is 2.49. The molecule has 0 radical (unpaired) electrons. The zero-order valence-corrected chi connectivity index (χ0v) is 12.9. The van der Waals surface area contributed by atoms with Gasteiger partial charge in [0.05, 0.1) is 6.10 Å². The number of aliphatic hydroxyl groups excluding tert-OH is 1. The molecule has 1 unspecified atom stereocenters. The van der Waals surface area contributed by atoms with E-state index in [0.29, 0.717) is 5.56 Å². The van der Waals surface area contributed by atoms with Crippen molar-refractivity contribution in [3.63, 3.8) is 0 Å². The molecule has 0 saturated carbocycles. The largest absolute Gasteiger partial charge is 0.393 e. The highest BCUT2D eigenvalue weighted by molar-refractivity contribution is 5.94. The number of piperidine rings is 1. The van der Waals surface area contributed by atoms with E-state index in [-0.39, 0.29) is 18.1 Å². The molecule has 1 aromatic carbocycles. The normalized spacial score (nSPS) is 22.6. The Morgan fingerprint density at radius 2 is 1.86 bits per heavy atom. The average Bonchev–Trinajstić information content (AvgIpc) is 2.57. The van der Waals surface area contributed by atoms with E-state index in [1.165, 1.54) is 0 Å². The topological polar surface area (TPSA) is 52.6 Å². The number of anilines is 1. The SMILES string of the molecule is O=C(NC1C=CCCC1)c1ccc(N2CCC(O)CC2)cc1. The third-order valence-electron chi connectivity index (χ3n) is 4.53. The summed E-state index contributed by atoms with van der Waals surface area (Å²) < 4.78 is 0. The number of nitrogens with one attached hydrogen (secondary N) is 1. The molecule has 1 heterocycles. The average molecular weight is 300 g/mol. The first-order valence-corrected chi connectivity index (χ1v) is 8.23. The van der Waals surface area contributed by atoms with Crippen molar-refractivity contribution >= 4 is 11.6 Å². The molecule has 2 aliphatic rings. The van der Waals surface area contributed by atoms with Crippen LogP contribution in [0.3, 0.4) is 0 Å². The zero-order chi connectivity index (χ0) is 15.4. The van der Waals surface area contributed by atoms with Crippen molar-refractivity contribution < 1.29 is 9.90 Å². The van der Waals surface area contributed by atoms with Crippen molar-refractivity contribution in [3.05, 3.63) is 42.0 Å². The Morgan fingerprint density at radius 3 is 2.50 bits per heavy atom. The van der Waals surface area contributed by atoms with Crippen molar-refractivity contribution in [2.24, 2.45) is 0 Å². The van der Waals surface area contributed by atoms with Gasteiger partial charge in [0.25, 0.3) is 5.91 Å². The van der Waals surface area contributed by atoms with Crippen molar-refractivity contribution in [1.82, 2.24) is 5.32 Å². The van der Waals surface area contributed by atoms with Crippen molar-refractivity contribution in [1.29, 1.82) is 0 Å². The number of aliphatic hydroxyl groups is 1. The van der Waals surface area contributed by atoms with E-state index < -0.39 is 0 Å². The Kier molecular flexibility index (Phi) is 4.78. The standard InChI is InChI=1S/C18H24N2O2/c21-17-10-12-20(13-11-17)16-8-6-14(7-9-16)18(22)19-15-4-2-1-3-5-15/h2,4,6-9,15,17,21H,1,3,5,10-13H2,(H,19,22). The molecule has 1 amide bonds. The Morgan fingerprint density at radius 1 is 1.14 bits per heavy atom. The third-order valence-corrected chi connectivity index (χ3v) is 4.53. The van der Waals surface area contributed by atoms with Gasteiger partial charge in [0.2, 0.25) is 0 Å². The first-order chi connectivity index (χ1) is 10.7. The number of nitrogens with zero attached hydrogens (tertiary/aromatic N) is 1. The van der Waals surface area contributed by atoms with E-state index in [1.807, 2.05) is 24.3 Å². The quantitative estimate of drug-likeness (QED) is 0.843. The van der Waals surface area contributed by atoms with Crippen molar-refractivity contribution in [3.8, 4) is 0 Å². The second-order valence-corrected chi connectivity index (χ2v) is 6.20. The van der Waals surface area contributed by atoms with E-state index >= 15 is 0 Å². The minimum absolute atomic E-state index is 0.00262. The molecule has 1 atom stereocenters. The molecule has 1 saturated heterocycles. The van der Waals surface area contributed by atoms with Gasteiger partial charge in [-0.25, -0.2) is 0 Å². The van der Waals surface area contributed by atoms with Gasteiger partial charge in [0.15, 0.2) is 0 Å². The lowest BCUT2D eigenvalue weighted by atomic mass is 10.0. The van der Waals surface area contributed by atoms with Crippen molar-refractivity contribution in [2.75, 3.05) is 18.0 Å². The highest BCUT2D eigenvalue weighted by Crippen LogP contribution is 2.20. The molecule has 118 valence electrons. The number of hydrogen-bond acceptors (Lipinski definition) is 3. The molecule has 1 fully saturated rings. The number of carbonyl (C=O) groups is 1. The summed E-state index contributed by atoms with van der Waals surface area (Å²) in [5, 5.41) is 12.6. The summed E-state index contributed by atoms with van der Waals surface area (Å²) in [6.07, 6.45) is 8.98. The fourth-order valence-electron chi connectivity index (χ4n) is 3.13. The Balaban J connectivity index is 1.59. The number of hydrogen-bond donors (Lipinski definition) is 2. The lowest BCUT2D eigenvalue weighted by Crippen LogP contribution is -2.36. The Hall–Kier alpha value is -1.81. The molecule has 4 heteroatoms. The van der Waals surface area contributed by atoms with Gasteiger partial charge in [-0.05, 0) is 56.4 Å². The lowest BCUT2D eigenvalue weighted by Gasteiger charge is -2.31. The van der Waals surface area contributed by atoms with Gasteiger partial charge in [-0.3, -0.25) is 4.79 Å². The number of benzene rings is 1. The first-order valence-electron chi connectivity index (χ1n) is 8.23. The van der Waals surface area contributed by atoms with Gasteiger partial charge in [-0.2, -0.15) is 0 Å². The highest BCUT2D eigenvalue weighted by atomic mass is 16.3. The maximum atomic E-state index is 12.3. The van der Waals surface area contributed by atoms with Crippen LogP contribution in [0.5, 0.6) is 0 Å². The predicted molar refractivity (Wildman–Crippen MR) is 88.1 cm³/mol. The van der Waals surface area contributed by atoms with Gasteiger partial charge < -0.3 is 15.3 Å². The van der Waals surface area contributed by atoms with E-state index in [0.717, 1.165) is 50.9 Å². The highest BCUT2D eigenvalue weighted by Gasteiger charge is 2.18. The molecular formula is C18H24N2O2. The molecule has 4 nitrogen and oxygen atoms in total. The molecule has 0 bridgehead atoms. The van der Waals surface area contributed by atoms with Crippen LogP contribution in [-0.2, 0) is 0 Å². The molecule has 1 aliphatic heterocycles. The van der Waals surface area contributed by atoms with Crippen LogP contribution in [0.2, 0.25) is 0 Å². The van der Waals surface area contributed by atoms with Crippen LogP contribution in [0.4, 0.5) is 5.69 Å². The van der Waals surface area contributed by atoms with Gasteiger partial charge in [-0.1, -0.05) is 12.2 Å². The minimum atomic E-state index is -0.162. The summed E-state index contributed by atoms with van der Waals surface area (Å²) in [5.74, 6) is -0.00262. The van der Waals surface area contributed by atoms with E-state index in [9.17, 15) is 9.90 Å². The summed E-state index contributed by atoms with van der Waals surface area (Å²) in [5.41, 5.74) is 1.83. The smallest absolute Gasteiger partial charge is 0.251 e. The van der Waals surface area contributed by atoms with Crippen LogP contribution < -0.4 is 10.2 Å². The van der Waals surface area contributed by atoms with Crippen LogP contribution in [0.15, 0.2) is 36.4 Å². The fraction of sp³-hybridized carbons (Fsp3) is 0.500. The summed E-state index contributed by atoms with van der Waals surface area (Å²) in [6, 6.07) is 7.96. The van der Waals surface area contributed by atoms with E-state index in [1.54, 1.807) is 0 Å². The van der Waals surface area contributed by atoms with Gasteiger partial charge in [0.1, 0.15) is 0 Å². The maximum Gasteiger partial charge on any atom is 0.251 e. The summed E-state index contributed by atoms with van der Waals surface area (Å²) in [4.78, 5) is 14.5. The van der Waals surface area contributed by atoms with Crippen molar-refractivity contribution in [2.45, 2.75) is 44.2 Å². The number of allylic oxidation sites excluding steroid dienone is 1. The molecule has 1 aromatic rings. The zero-order valence-electron chi connectivity index (χ0n) is 12.9. The Labute approximate surface area is 131 Å². The fourth-order valence-corrected chi connectivity index (χ4v) is 3.13. The lowest BCUT2D eigenvalue weighted by molar-refractivity contribution is 0.0942. The molecule has 0 aromatic heterocycles. The monoisotopic (exact) mass is 300 g/mol. The summed E-state index contributed by atoms with van der Waals surface area (Å²) >= 11 is 0. The maximum absolute atomic E-state index is 12.3. The third kappa shape index (κ3) is 3.69. The number of amides is 1. The number of carbonyl (C=O) groups excluding carboxylic acids is 1. The molecule has 1 aliphatic carbocycles. The second-order valence-electron chi connectivity index (χ2n) is 6.20. The van der Waals surface area contributed by atoms with Crippen LogP contribution in [0, 0.1) is 0 Å². The van der Waals surface area contributed by atoms with Crippen LogP contribution in [0.1, 0.15) is 42.5 Å². The van der Waals surface area contributed by atoms with Crippen LogP contribution in [0.25, 0.3) is 0 Å². The second kappa shape index (κ2) is 6.97. The molecule has 2 N–H and O–H groups in total. The molecular weight excluding hydrogens is 276 g/mol. The molecule has 0 spiro atoms. The summed E-state index contributed by atoms with van der Waals surface area (Å²) in [7, 11) is 0. The van der Waals surface area contributed by atoms with Crippen LogP contribution >= 0.6 is 0 Å². The van der Waals surface area contributed by atoms with E-state index in [4.69, 9.17) is 0 Å². The summed E-state index contributed by atoms with van der Waals surface area (Å²) in [6.45, 7) is 1.75. The Bertz CT molecular complexity index is 531. The minimum Gasteiger partial charge on any atom is -0.393 e. The van der Waals surface area contributed by atoms with Crippen LogP contribution in [-0.4, -0.2) is 36.2 Å². The molecule has 3 rings (SSSR count). The molecule has 22 heavy (non-hydrogen) atoms. The van der Waals surface area contributed by atoms with Gasteiger partial charge >= 0.3 is 0 Å².